The van der Waals surface area contributed by atoms with Gasteiger partial charge in [0.15, 0.2) is 0 Å². The van der Waals surface area contributed by atoms with Gasteiger partial charge in [0.1, 0.15) is 0 Å². The molecule has 1 aromatic rings. The maximum Gasteiger partial charge on any atom is 0.212 e. The highest BCUT2D eigenvalue weighted by Gasteiger charge is 2.15. The Balaban J connectivity index is 2.69. The molecule has 72 valence electrons. The first-order chi connectivity index (χ1) is 6.03. The standard InChI is InChI=1S/C10H15FN2/c1-10(2,12-3)6-8-4-5-9(11)13-7-8/h4-5,7,12H,6H2,1-3H3. The normalized spacial score (nSPS) is 11.7. The summed E-state index contributed by atoms with van der Waals surface area (Å²) in [6, 6.07) is 3.16. The highest BCUT2D eigenvalue weighted by molar-refractivity contribution is 5.12. The maximum atomic E-state index is 12.5. The SMILES string of the molecule is CNC(C)(C)Cc1ccc(F)nc1. The molecular weight excluding hydrogens is 167 g/mol. The Labute approximate surface area is 78.2 Å². The van der Waals surface area contributed by atoms with Crippen molar-refractivity contribution in [2.24, 2.45) is 0 Å². The van der Waals surface area contributed by atoms with Crippen LogP contribution in [0.5, 0.6) is 0 Å². The summed E-state index contributed by atoms with van der Waals surface area (Å²) in [5.74, 6) is -0.425. The first kappa shape index (κ1) is 10.1. The summed E-state index contributed by atoms with van der Waals surface area (Å²) < 4.78 is 12.5. The molecule has 1 N–H and O–H groups in total. The number of pyridine rings is 1. The van der Waals surface area contributed by atoms with Gasteiger partial charge in [-0.05, 0) is 38.9 Å². The van der Waals surface area contributed by atoms with Crippen molar-refractivity contribution in [2.75, 3.05) is 7.05 Å². The van der Waals surface area contributed by atoms with E-state index >= 15 is 0 Å². The topological polar surface area (TPSA) is 24.9 Å². The van der Waals surface area contributed by atoms with E-state index in [2.05, 4.69) is 24.1 Å². The molecule has 0 aromatic carbocycles. The van der Waals surface area contributed by atoms with E-state index in [9.17, 15) is 4.39 Å². The fourth-order valence-electron chi connectivity index (χ4n) is 1.11. The quantitative estimate of drug-likeness (QED) is 0.720. The second-order valence-corrected chi connectivity index (χ2v) is 3.80. The van der Waals surface area contributed by atoms with Crippen LogP contribution >= 0.6 is 0 Å². The molecule has 0 aliphatic heterocycles. The summed E-state index contributed by atoms with van der Waals surface area (Å²) in [7, 11) is 1.91. The Morgan fingerprint density at radius 2 is 2.15 bits per heavy atom. The lowest BCUT2D eigenvalue weighted by Gasteiger charge is -2.23. The minimum Gasteiger partial charge on any atom is -0.314 e. The molecular formula is C10H15FN2. The third kappa shape index (κ3) is 3.11. The van der Waals surface area contributed by atoms with Crippen molar-refractivity contribution in [1.82, 2.24) is 10.3 Å². The van der Waals surface area contributed by atoms with Crippen LogP contribution in [-0.4, -0.2) is 17.6 Å². The summed E-state index contributed by atoms with van der Waals surface area (Å²) in [5, 5.41) is 3.18. The fraction of sp³-hybridized carbons (Fsp3) is 0.500. The van der Waals surface area contributed by atoms with Gasteiger partial charge in [0.2, 0.25) is 5.95 Å². The molecule has 2 nitrogen and oxygen atoms in total. The molecule has 0 aliphatic carbocycles. The van der Waals surface area contributed by atoms with Crippen molar-refractivity contribution in [3.63, 3.8) is 0 Å². The molecule has 0 fully saturated rings. The van der Waals surface area contributed by atoms with Crippen LogP contribution < -0.4 is 5.32 Å². The zero-order valence-corrected chi connectivity index (χ0v) is 8.26. The summed E-state index contributed by atoms with van der Waals surface area (Å²) in [6.45, 7) is 4.19. The number of rotatable bonds is 3. The van der Waals surface area contributed by atoms with Crippen LogP contribution in [0.15, 0.2) is 18.3 Å². The van der Waals surface area contributed by atoms with Crippen molar-refractivity contribution in [1.29, 1.82) is 0 Å². The van der Waals surface area contributed by atoms with Crippen LogP contribution in [0.25, 0.3) is 0 Å². The molecule has 0 radical (unpaired) electrons. The van der Waals surface area contributed by atoms with Crippen LogP contribution in [-0.2, 0) is 6.42 Å². The number of hydrogen-bond donors (Lipinski definition) is 1. The van der Waals surface area contributed by atoms with Gasteiger partial charge in [-0.2, -0.15) is 4.39 Å². The molecule has 0 saturated carbocycles. The molecule has 0 unspecified atom stereocenters. The van der Waals surface area contributed by atoms with Gasteiger partial charge in [-0.1, -0.05) is 6.07 Å². The molecule has 0 atom stereocenters. The number of hydrogen-bond acceptors (Lipinski definition) is 2. The summed E-state index contributed by atoms with van der Waals surface area (Å²) >= 11 is 0. The van der Waals surface area contributed by atoms with E-state index in [1.54, 1.807) is 12.3 Å². The molecule has 0 aliphatic rings. The van der Waals surface area contributed by atoms with E-state index in [4.69, 9.17) is 0 Å². The smallest absolute Gasteiger partial charge is 0.212 e. The second-order valence-electron chi connectivity index (χ2n) is 3.80. The van der Waals surface area contributed by atoms with E-state index in [0.29, 0.717) is 0 Å². The minimum atomic E-state index is -0.425. The Morgan fingerprint density at radius 3 is 2.62 bits per heavy atom. The predicted octanol–water partition coefficient (Wildman–Crippen LogP) is 1.76. The minimum absolute atomic E-state index is 0.0273. The summed E-state index contributed by atoms with van der Waals surface area (Å²) in [5.41, 5.74) is 1.07. The van der Waals surface area contributed by atoms with Crippen LogP contribution in [0.1, 0.15) is 19.4 Å². The third-order valence-electron chi connectivity index (χ3n) is 2.11. The van der Waals surface area contributed by atoms with Gasteiger partial charge in [-0.25, -0.2) is 4.98 Å². The largest absolute Gasteiger partial charge is 0.314 e. The molecule has 0 bridgehead atoms. The lowest BCUT2D eigenvalue weighted by Crippen LogP contribution is -2.38. The van der Waals surface area contributed by atoms with Gasteiger partial charge in [0, 0.05) is 11.7 Å². The predicted molar refractivity (Wildman–Crippen MR) is 51.0 cm³/mol. The van der Waals surface area contributed by atoms with Gasteiger partial charge in [-0.3, -0.25) is 0 Å². The van der Waals surface area contributed by atoms with Crippen LogP contribution in [0.4, 0.5) is 4.39 Å². The number of nitrogens with one attached hydrogen (secondary N) is 1. The maximum absolute atomic E-state index is 12.5. The van der Waals surface area contributed by atoms with Gasteiger partial charge >= 0.3 is 0 Å². The molecule has 0 spiro atoms. The van der Waals surface area contributed by atoms with E-state index in [0.717, 1.165) is 12.0 Å². The molecule has 13 heavy (non-hydrogen) atoms. The monoisotopic (exact) mass is 182 g/mol. The molecule has 0 amide bonds. The van der Waals surface area contributed by atoms with Crippen molar-refractivity contribution in [2.45, 2.75) is 25.8 Å². The Morgan fingerprint density at radius 1 is 1.46 bits per heavy atom. The Bertz CT molecular complexity index is 267. The van der Waals surface area contributed by atoms with Gasteiger partial charge < -0.3 is 5.32 Å². The van der Waals surface area contributed by atoms with E-state index in [1.807, 2.05) is 7.05 Å². The highest BCUT2D eigenvalue weighted by atomic mass is 19.1. The Hall–Kier alpha value is -0.960. The molecule has 1 heterocycles. The highest BCUT2D eigenvalue weighted by Crippen LogP contribution is 2.11. The van der Waals surface area contributed by atoms with Crippen LogP contribution in [0.3, 0.4) is 0 Å². The van der Waals surface area contributed by atoms with Crippen molar-refractivity contribution in [3.8, 4) is 0 Å². The average Bonchev–Trinajstić information content (AvgIpc) is 2.09. The Kier molecular flexibility index (Phi) is 2.98. The van der Waals surface area contributed by atoms with Gasteiger partial charge in [0.25, 0.3) is 0 Å². The van der Waals surface area contributed by atoms with Crippen LogP contribution in [0, 0.1) is 5.95 Å². The van der Waals surface area contributed by atoms with Crippen molar-refractivity contribution >= 4 is 0 Å². The van der Waals surface area contributed by atoms with Crippen LogP contribution in [0.2, 0.25) is 0 Å². The number of likely N-dealkylation sites (N-methyl/N-ethyl adjacent to an activating group) is 1. The molecule has 0 saturated heterocycles. The van der Waals surface area contributed by atoms with Gasteiger partial charge in [-0.15, -0.1) is 0 Å². The second kappa shape index (κ2) is 3.83. The summed E-state index contributed by atoms with van der Waals surface area (Å²) in [6.07, 6.45) is 2.42. The van der Waals surface area contributed by atoms with Crippen molar-refractivity contribution in [3.05, 3.63) is 29.8 Å². The first-order valence-electron chi connectivity index (χ1n) is 4.33. The van der Waals surface area contributed by atoms with Crippen molar-refractivity contribution < 1.29 is 4.39 Å². The zero-order chi connectivity index (χ0) is 9.90. The molecule has 1 aromatic heterocycles. The van der Waals surface area contributed by atoms with Gasteiger partial charge in [0.05, 0.1) is 0 Å². The average molecular weight is 182 g/mol. The zero-order valence-electron chi connectivity index (χ0n) is 8.26. The van der Waals surface area contributed by atoms with E-state index < -0.39 is 5.95 Å². The third-order valence-corrected chi connectivity index (χ3v) is 2.11. The number of aromatic nitrogens is 1. The lowest BCUT2D eigenvalue weighted by atomic mass is 9.96. The molecule has 3 heteroatoms. The fourth-order valence-corrected chi connectivity index (χ4v) is 1.11. The van der Waals surface area contributed by atoms with E-state index in [-0.39, 0.29) is 5.54 Å². The lowest BCUT2D eigenvalue weighted by molar-refractivity contribution is 0.421. The summed E-state index contributed by atoms with van der Waals surface area (Å²) in [4.78, 5) is 3.60. The number of halogens is 1. The first-order valence-corrected chi connectivity index (χ1v) is 4.33. The molecule has 1 rings (SSSR count). The van der Waals surface area contributed by atoms with E-state index in [1.165, 1.54) is 6.07 Å². The number of nitrogens with zero attached hydrogens (tertiary/aromatic N) is 1.